The van der Waals surface area contributed by atoms with Gasteiger partial charge in [-0.15, -0.1) is 0 Å². The molecule has 2 aliphatic rings. The lowest BCUT2D eigenvalue weighted by molar-refractivity contribution is -0.154. The fourth-order valence-electron chi connectivity index (χ4n) is 2.90. The van der Waals surface area contributed by atoms with Crippen molar-refractivity contribution in [2.75, 3.05) is 13.2 Å². The number of aliphatic carboxylic acids is 1. The topological polar surface area (TPSA) is 55.8 Å². The molecular formula is C12H20O4. The summed E-state index contributed by atoms with van der Waals surface area (Å²) in [4.78, 5) is 11.4. The van der Waals surface area contributed by atoms with Crippen molar-refractivity contribution in [3.8, 4) is 0 Å². The second-order valence-electron chi connectivity index (χ2n) is 4.85. The zero-order chi connectivity index (χ0) is 11.6. The van der Waals surface area contributed by atoms with Crippen molar-refractivity contribution in [1.82, 2.24) is 0 Å². The van der Waals surface area contributed by atoms with Gasteiger partial charge in [-0.1, -0.05) is 6.92 Å². The molecule has 2 fully saturated rings. The first-order valence-electron chi connectivity index (χ1n) is 6.15. The molecule has 3 atom stereocenters. The van der Waals surface area contributed by atoms with Gasteiger partial charge in [0.2, 0.25) is 0 Å². The molecule has 2 aliphatic heterocycles. The third kappa shape index (κ3) is 1.96. The summed E-state index contributed by atoms with van der Waals surface area (Å²) >= 11 is 0. The van der Waals surface area contributed by atoms with Gasteiger partial charge in [0.25, 0.3) is 0 Å². The normalized spacial score (nSPS) is 36.8. The molecule has 0 amide bonds. The maximum Gasteiger partial charge on any atom is 0.312 e. The van der Waals surface area contributed by atoms with Crippen LogP contribution in [0.1, 0.15) is 39.0 Å². The highest BCUT2D eigenvalue weighted by molar-refractivity contribution is 5.76. The Morgan fingerprint density at radius 2 is 2.31 bits per heavy atom. The van der Waals surface area contributed by atoms with Crippen LogP contribution >= 0.6 is 0 Å². The van der Waals surface area contributed by atoms with Crippen LogP contribution in [0.2, 0.25) is 0 Å². The van der Waals surface area contributed by atoms with Crippen LogP contribution in [0.15, 0.2) is 0 Å². The van der Waals surface area contributed by atoms with E-state index in [-0.39, 0.29) is 12.2 Å². The molecule has 2 heterocycles. The Balaban J connectivity index is 1.93. The van der Waals surface area contributed by atoms with Gasteiger partial charge in [-0.3, -0.25) is 4.79 Å². The number of rotatable bonds is 6. The molecule has 92 valence electrons. The average molecular weight is 228 g/mol. The van der Waals surface area contributed by atoms with E-state index in [4.69, 9.17) is 9.47 Å². The van der Waals surface area contributed by atoms with E-state index in [0.717, 1.165) is 19.3 Å². The molecule has 3 unspecified atom stereocenters. The zero-order valence-electron chi connectivity index (χ0n) is 9.78. The summed E-state index contributed by atoms with van der Waals surface area (Å²) in [5, 5.41) is 9.41. The van der Waals surface area contributed by atoms with Gasteiger partial charge in [-0.2, -0.15) is 0 Å². The van der Waals surface area contributed by atoms with Crippen molar-refractivity contribution in [3.05, 3.63) is 0 Å². The molecule has 0 aromatic heterocycles. The van der Waals surface area contributed by atoms with E-state index >= 15 is 0 Å². The summed E-state index contributed by atoms with van der Waals surface area (Å²) in [6.45, 7) is 3.30. The Hall–Kier alpha value is -0.610. The van der Waals surface area contributed by atoms with Crippen molar-refractivity contribution in [3.63, 3.8) is 0 Å². The molecule has 2 bridgehead atoms. The molecule has 1 N–H and O–H groups in total. The first kappa shape index (κ1) is 11.9. The number of carbonyl (C=O) groups is 1. The quantitative estimate of drug-likeness (QED) is 0.705. The number of hydrogen-bond donors (Lipinski definition) is 1. The molecule has 4 nitrogen and oxygen atoms in total. The molecular weight excluding hydrogens is 208 g/mol. The van der Waals surface area contributed by atoms with Crippen molar-refractivity contribution in [2.24, 2.45) is 5.41 Å². The number of hydrogen-bond acceptors (Lipinski definition) is 3. The number of carboxylic acid groups (broad SMARTS) is 1. The highest BCUT2D eigenvalue weighted by Crippen LogP contribution is 2.50. The lowest BCUT2D eigenvalue weighted by Crippen LogP contribution is -2.41. The van der Waals surface area contributed by atoms with Crippen molar-refractivity contribution in [2.45, 2.75) is 51.2 Å². The fourth-order valence-corrected chi connectivity index (χ4v) is 2.90. The summed E-state index contributed by atoms with van der Waals surface area (Å²) in [6.07, 6.45) is 4.24. The van der Waals surface area contributed by atoms with Gasteiger partial charge in [0.1, 0.15) is 0 Å². The van der Waals surface area contributed by atoms with E-state index in [2.05, 4.69) is 0 Å². The first-order chi connectivity index (χ1) is 7.69. The standard InChI is InChI=1S/C12H20O4/c1-2-6-15-7-5-12(11(13)14)8-9-3-4-10(12)16-9/h9-10H,2-8H2,1H3,(H,13,14). The lowest BCUT2D eigenvalue weighted by Gasteiger charge is -2.30. The molecule has 2 rings (SSSR count). The highest BCUT2D eigenvalue weighted by Gasteiger charge is 2.56. The van der Waals surface area contributed by atoms with Crippen LogP contribution in [-0.2, 0) is 14.3 Å². The van der Waals surface area contributed by atoms with Gasteiger partial charge in [0.15, 0.2) is 0 Å². The van der Waals surface area contributed by atoms with Crippen LogP contribution in [0.25, 0.3) is 0 Å². The molecule has 0 aliphatic carbocycles. The molecule has 0 radical (unpaired) electrons. The van der Waals surface area contributed by atoms with Gasteiger partial charge >= 0.3 is 5.97 Å². The van der Waals surface area contributed by atoms with E-state index in [0.29, 0.717) is 26.1 Å². The molecule has 0 spiro atoms. The maximum atomic E-state index is 11.4. The molecule has 4 heteroatoms. The van der Waals surface area contributed by atoms with Crippen molar-refractivity contribution >= 4 is 5.97 Å². The first-order valence-corrected chi connectivity index (χ1v) is 6.15. The van der Waals surface area contributed by atoms with E-state index in [1.165, 1.54) is 0 Å². The van der Waals surface area contributed by atoms with Crippen molar-refractivity contribution < 1.29 is 19.4 Å². The molecule has 0 saturated carbocycles. The summed E-state index contributed by atoms with van der Waals surface area (Å²) < 4.78 is 11.1. The maximum absolute atomic E-state index is 11.4. The lowest BCUT2D eigenvalue weighted by atomic mass is 9.72. The highest BCUT2D eigenvalue weighted by atomic mass is 16.5. The SMILES string of the molecule is CCCOCCC1(C(=O)O)CC2CCC1O2. The predicted octanol–water partition coefficient (Wildman–Crippen LogP) is 1.83. The van der Waals surface area contributed by atoms with E-state index < -0.39 is 11.4 Å². The minimum atomic E-state index is -0.709. The monoisotopic (exact) mass is 228 g/mol. The summed E-state index contributed by atoms with van der Waals surface area (Å²) in [5.74, 6) is -0.709. The van der Waals surface area contributed by atoms with E-state index in [1.807, 2.05) is 6.92 Å². The summed E-state index contributed by atoms with van der Waals surface area (Å²) in [7, 11) is 0. The predicted molar refractivity (Wildman–Crippen MR) is 58.3 cm³/mol. The van der Waals surface area contributed by atoms with Crippen LogP contribution < -0.4 is 0 Å². The van der Waals surface area contributed by atoms with Crippen LogP contribution in [-0.4, -0.2) is 36.5 Å². The Labute approximate surface area is 95.9 Å². The van der Waals surface area contributed by atoms with Crippen LogP contribution in [0.5, 0.6) is 0 Å². The molecule has 0 aromatic rings. The number of fused-ring (bicyclic) bond motifs is 2. The smallest absolute Gasteiger partial charge is 0.312 e. The van der Waals surface area contributed by atoms with Gasteiger partial charge < -0.3 is 14.6 Å². The van der Waals surface area contributed by atoms with Gasteiger partial charge in [0.05, 0.1) is 17.6 Å². The third-order valence-corrected chi connectivity index (χ3v) is 3.78. The van der Waals surface area contributed by atoms with Gasteiger partial charge in [-0.05, 0) is 32.1 Å². The average Bonchev–Trinajstić information content (AvgIpc) is 2.84. The number of ether oxygens (including phenoxy) is 2. The van der Waals surface area contributed by atoms with Crippen LogP contribution in [0.3, 0.4) is 0 Å². The minimum absolute atomic E-state index is 0.0831. The summed E-state index contributed by atoms with van der Waals surface area (Å²) in [5.41, 5.74) is -0.670. The minimum Gasteiger partial charge on any atom is -0.481 e. The van der Waals surface area contributed by atoms with Gasteiger partial charge in [0, 0.05) is 13.2 Å². The molecule has 2 saturated heterocycles. The molecule has 16 heavy (non-hydrogen) atoms. The van der Waals surface area contributed by atoms with Crippen LogP contribution in [0, 0.1) is 5.41 Å². The van der Waals surface area contributed by atoms with Crippen LogP contribution in [0.4, 0.5) is 0 Å². The fraction of sp³-hybridized carbons (Fsp3) is 0.917. The van der Waals surface area contributed by atoms with E-state index in [9.17, 15) is 9.90 Å². The second-order valence-corrected chi connectivity index (χ2v) is 4.85. The zero-order valence-corrected chi connectivity index (χ0v) is 9.78. The van der Waals surface area contributed by atoms with Crippen molar-refractivity contribution in [1.29, 1.82) is 0 Å². The number of carboxylic acids is 1. The Kier molecular flexibility index (Phi) is 3.50. The Morgan fingerprint density at radius 3 is 2.81 bits per heavy atom. The second kappa shape index (κ2) is 4.72. The van der Waals surface area contributed by atoms with Gasteiger partial charge in [-0.25, -0.2) is 0 Å². The largest absolute Gasteiger partial charge is 0.481 e. The molecule has 0 aromatic carbocycles. The summed E-state index contributed by atoms with van der Waals surface area (Å²) in [6, 6.07) is 0. The third-order valence-electron chi connectivity index (χ3n) is 3.78. The van der Waals surface area contributed by atoms with E-state index in [1.54, 1.807) is 0 Å². The Bertz CT molecular complexity index is 266. The Morgan fingerprint density at radius 1 is 1.50 bits per heavy atom.